The second-order valence-corrected chi connectivity index (χ2v) is 3.18. The molecule has 4 nitrogen and oxygen atoms in total. The number of carbonyl (C=O) groups excluding carboxylic acids is 2. The van der Waals surface area contributed by atoms with Gasteiger partial charge >= 0.3 is 5.97 Å². The van der Waals surface area contributed by atoms with Crippen LogP contribution in [0.3, 0.4) is 0 Å². The number of anilines is 1. The van der Waals surface area contributed by atoms with Crippen LogP contribution in [0.4, 0.5) is 5.69 Å². The van der Waals surface area contributed by atoms with Crippen LogP contribution in [0.1, 0.15) is 22.8 Å². The number of esters is 1. The van der Waals surface area contributed by atoms with Gasteiger partial charge < -0.3 is 10.1 Å². The van der Waals surface area contributed by atoms with Crippen molar-refractivity contribution in [2.75, 3.05) is 12.4 Å². The average Bonchev–Trinajstić information content (AvgIpc) is 2.27. The fraction of sp³-hybridized carbons (Fsp3) is 0.167. The summed E-state index contributed by atoms with van der Waals surface area (Å²) >= 11 is 0. The van der Waals surface area contributed by atoms with E-state index in [2.05, 4.69) is 16.6 Å². The molecule has 16 heavy (non-hydrogen) atoms. The van der Waals surface area contributed by atoms with E-state index in [0.717, 1.165) is 5.56 Å². The molecule has 0 saturated carbocycles. The molecule has 0 aliphatic rings. The molecule has 0 radical (unpaired) electrons. The van der Waals surface area contributed by atoms with Gasteiger partial charge in [-0.3, -0.25) is 4.79 Å². The Morgan fingerprint density at radius 3 is 2.62 bits per heavy atom. The third kappa shape index (κ3) is 2.70. The summed E-state index contributed by atoms with van der Waals surface area (Å²) in [5.74, 6) is -0.646. The molecular formula is C12H13NO3. The van der Waals surface area contributed by atoms with E-state index in [9.17, 15) is 9.59 Å². The largest absolute Gasteiger partial charge is 0.465 e. The fourth-order valence-corrected chi connectivity index (χ4v) is 1.28. The Hall–Kier alpha value is -2.10. The maximum atomic E-state index is 11.3. The van der Waals surface area contributed by atoms with Crippen molar-refractivity contribution in [3.8, 4) is 0 Å². The highest BCUT2D eigenvalue weighted by Crippen LogP contribution is 2.19. The summed E-state index contributed by atoms with van der Waals surface area (Å²) in [6.07, 6.45) is 1.60. The van der Waals surface area contributed by atoms with Crippen molar-refractivity contribution in [2.24, 2.45) is 0 Å². The normalized spacial score (nSPS) is 9.38. The molecule has 1 aromatic carbocycles. The van der Waals surface area contributed by atoms with Crippen LogP contribution < -0.4 is 5.32 Å². The molecule has 0 unspecified atom stereocenters. The van der Waals surface area contributed by atoms with Crippen LogP contribution >= 0.6 is 0 Å². The Bertz CT molecular complexity index is 438. The molecule has 1 N–H and O–H groups in total. The van der Waals surface area contributed by atoms with Crippen LogP contribution in [0.25, 0.3) is 6.08 Å². The van der Waals surface area contributed by atoms with Gasteiger partial charge in [-0.15, -0.1) is 0 Å². The Balaban J connectivity index is 3.15. The summed E-state index contributed by atoms with van der Waals surface area (Å²) in [7, 11) is 1.31. The molecule has 0 heterocycles. The summed E-state index contributed by atoms with van der Waals surface area (Å²) < 4.78 is 4.59. The van der Waals surface area contributed by atoms with Crippen molar-refractivity contribution in [2.45, 2.75) is 6.92 Å². The summed E-state index contributed by atoms with van der Waals surface area (Å²) in [4.78, 5) is 22.3. The van der Waals surface area contributed by atoms with Crippen molar-refractivity contribution in [3.05, 3.63) is 35.9 Å². The van der Waals surface area contributed by atoms with E-state index in [1.54, 1.807) is 24.3 Å². The Morgan fingerprint density at radius 1 is 1.44 bits per heavy atom. The Kier molecular flexibility index (Phi) is 3.83. The van der Waals surface area contributed by atoms with Gasteiger partial charge in [-0.05, 0) is 17.7 Å². The van der Waals surface area contributed by atoms with Crippen LogP contribution in [0.15, 0.2) is 24.8 Å². The van der Waals surface area contributed by atoms with E-state index >= 15 is 0 Å². The molecule has 1 rings (SSSR count). The fourth-order valence-electron chi connectivity index (χ4n) is 1.28. The lowest BCUT2D eigenvalue weighted by Gasteiger charge is -2.08. The van der Waals surface area contributed by atoms with Crippen molar-refractivity contribution in [3.63, 3.8) is 0 Å². The minimum atomic E-state index is -0.442. The lowest BCUT2D eigenvalue weighted by atomic mass is 10.1. The molecule has 1 amide bonds. The van der Waals surface area contributed by atoms with Crippen LogP contribution in [0, 0.1) is 0 Å². The van der Waals surface area contributed by atoms with Crippen molar-refractivity contribution < 1.29 is 14.3 Å². The van der Waals surface area contributed by atoms with Crippen LogP contribution in [0.5, 0.6) is 0 Å². The lowest BCUT2D eigenvalue weighted by Crippen LogP contribution is -2.09. The van der Waals surface area contributed by atoms with Gasteiger partial charge in [0.15, 0.2) is 0 Å². The first-order valence-corrected chi connectivity index (χ1v) is 4.71. The summed E-state index contributed by atoms with van der Waals surface area (Å²) in [5, 5.41) is 2.63. The number of amides is 1. The molecule has 4 heteroatoms. The number of rotatable bonds is 3. The minimum absolute atomic E-state index is 0.204. The smallest absolute Gasteiger partial charge is 0.337 e. The molecule has 0 saturated heterocycles. The number of methoxy groups -OCH3 is 1. The SMILES string of the molecule is C=Cc1ccc(C(=O)OC)cc1NC(C)=O. The van der Waals surface area contributed by atoms with Gasteiger partial charge in [-0.1, -0.05) is 18.7 Å². The highest BCUT2D eigenvalue weighted by Gasteiger charge is 2.09. The number of carbonyl (C=O) groups is 2. The molecular weight excluding hydrogens is 206 g/mol. The first-order chi connectivity index (χ1) is 7.58. The third-order valence-corrected chi connectivity index (χ3v) is 2.01. The lowest BCUT2D eigenvalue weighted by molar-refractivity contribution is -0.114. The maximum absolute atomic E-state index is 11.3. The first kappa shape index (κ1) is 12.0. The summed E-state index contributed by atoms with van der Waals surface area (Å²) in [6.45, 7) is 5.03. The molecule has 1 aromatic rings. The molecule has 0 atom stereocenters. The van der Waals surface area contributed by atoms with Gasteiger partial charge in [-0.2, -0.15) is 0 Å². The molecule has 0 aliphatic carbocycles. The van der Waals surface area contributed by atoms with Gasteiger partial charge in [-0.25, -0.2) is 4.79 Å². The predicted molar refractivity (Wildman–Crippen MR) is 62.2 cm³/mol. The van der Waals surface area contributed by atoms with Gasteiger partial charge in [0.2, 0.25) is 5.91 Å². The molecule has 0 bridgehead atoms. The zero-order chi connectivity index (χ0) is 12.1. The van der Waals surface area contributed by atoms with Gasteiger partial charge in [0.1, 0.15) is 0 Å². The van der Waals surface area contributed by atoms with E-state index in [1.807, 2.05) is 0 Å². The number of benzene rings is 1. The maximum Gasteiger partial charge on any atom is 0.337 e. The highest BCUT2D eigenvalue weighted by molar-refractivity contribution is 5.95. The van der Waals surface area contributed by atoms with E-state index < -0.39 is 5.97 Å². The number of nitrogens with one attached hydrogen (secondary N) is 1. The molecule has 0 aliphatic heterocycles. The molecule has 0 spiro atoms. The van der Waals surface area contributed by atoms with Gasteiger partial charge in [0.25, 0.3) is 0 Å². The first-order valence-electron chi connectivity index (χ1n) is 4.71. The standard InChI is InChI=1S/C12H13NO3/c1-4-9-5-6-10(12(15)16-3)7-11(9)13-8(2)14/h4-7H,1H2,2-3H3,(H,13,14). The van der Waals surface area contributed by atoms with E-state index in [0.29, 0.717) is 11.3 Å². The number of hydrogen-bond acceptors (Lipinski definition) is 3. The Labute approximate surface area is 93.9 Å². The van der Waals surface area contributed by atoms with Crippen LogP contribution in [0.2, 0.25) is 0 Å². The second-order valence-electron chi connectivity index (χ2n) is 3.18. The van der Waals surface area contributed by atoms with Gasteiger partial charge in [0.05, 0.1) is 12.7 Å². The minimum Gasteiger partial charge on any atom is -0.465 e. The van der Waals surface area contributed by atoms with E-state index in [4.69, 9.17) is 0 Å². The third-order valence-electron chi connectivity index (χ3n) is 2.01. The van der Waals surface area contributed by atoms with E-state index in [-0.39, 0.29) is 5.91 Å². The highest BCUT2D eigenvalue weighted by atomic mass is 16.5. The van der Waals surface area contributed by atoms with Crippen LogP contribution in [-0.4, -0.2) is 19.0 Å². The van der Waals surface area contributed by atoms with Crippen molar-refractivity contribution in [1.82, 2.24) is 0 Å². The second kappa shape index (κ2) is 5.11. The topological polar surface area (TPSA) is 55.4 Å². The monoisotopic (exact) mass is 219 g/mol. The van der Waals surface area contributed by atoms with Crippen LogP contribution in [-0.2, 0) is 9.53 Å². The van der Waals surface area contributed by atoms with E-state index in [1.165, 1.54) is 14.0 Å². The van der Waals surface area contributed by atoms with Gasteiger partial charge in [0, 0.05) is 12.6 Å². The van der Waals surface area contributed by atoms with Crippen molar-refractivity contribution in [1.29, 1.82) is 0 Å². The average molecular weight is 219 g/mol. The zero-order valence-corrected chi connectivity index (χ0v) is 9.24. The molecule has 0 aromatic heterocycles. The molecule has 0 fully saturated rings. The summed E-state index contributed by atoms with van der Waals surface area (Å²) in [5.41, 5.74) is 1.69. The van der Waals surface area contributed by atoms with Crippen molar-refractivity contribution >= 4 is 23.6 Å². The molecule has 84 valence electrons. The number of hydrogen-bond donors (Lipinski definition) is 1. The number of ether oxygens (including phenoxy) is 1. The summed E-state index contributed by atoms with van der Waals surface area (Å²) in [6, 6.07) is 4.88. The quantitative estimate of drug-likeness (QED) is 0.792. The predicted octanol–water partition coefficient (Wildman–Crippen LogP) is 2.07. The zero-order valence-electron chi connectivity index (χ0n) is 9.24. The Morgan fingerprint density at radius 2 is 2.12 bits per heavy atom.